The van der Waals surface area contributed by atoms with Crippen molar-refractivity contribution in [3.8, 4) is 0 Å². The molecule has 1 heterocycles. The average molecular weight is 259 g/mol. The minimum absolute atomic E-state index is 0.466. The van der Waals surface area contributed by atoms with Crippen LogP contribution < -0.4 is 5.32 Å². The maximum Gasteiger partial charge on any atom is 0.0616 e. The third-order valence-corrected chi connectivity index (χ3v) is 5.05. The number of fused-ring (bicyclic) bond motifs is 1. The summed E-state index contributed by atoms with van der Waals surface area (Å²) >= 11 is 0. The van der Waals surface area contributed by atoms with Gasteiger partial charge in [-0.25, -0.2) is 0 Å². The van der Waals surface area contributed by atoms with Crippen LogP contribution in [0.5, 0.6) is 0 Å². The summed E-state index contributed by atoms with van der Waals surface area (Å²) in [7, 11) is 2.11. The first-order valence-electron chi connectivity index (χ1n) is 7.70. The molecule has 4 unspecified atom stereocenters. The van der Waals surface area contributed by atoms with E-state index in [4.69, 9.17) is 4.74 Å². The van der Waals surface area contributed by atoms with Gasteiger partial charge >= 0.3 is 0 Å². The highest BCUT2D eigenvalue weighted by Gasteiger charge is 2.36. The van der Waals surface area contributed by atoms with Crippen molar-refractivity contribution in [1.82, 2.24) is 5.32 Å². The maximum atomic E-state index is 5.86. The fraction of sp³-hybridized carbons (Fsp3) is 0.647. The molecule has 1 aromatic rings. The van der Waals surface area contributed by atoms with Gasteiger partial charge in [-0.05, 0) is 49.8 Å². The highest BCUT2D eigenvalue weighted by atomic mass is 16.5. The second-order valence-corrected chi connectivity index (χ2v) is 6.00. The fourth-order valence-corrected chi connectivity index (χ4v) is 3.93. The smallest absolute Gasteiger partial charge is 0.0616 e. The molecule has 1 fully saturated rings. The Morgan fingerprint density at radius 1 is 1.37 bits per heavy atom. The van der Waals surface area contributed by atoms with E-state index in [9.17, 15) is 0 Å². The van der Waals surface area contributed by atoms with Gasteiger partial charge in [0, 0.05) is 18.6 Å². The molecule has 19 heavy (non-hydrogen) atoms. The molecule has 1 aliphatic heterocycles. The van der Waals surface area contributed by atoms with Crippen LogP contribution in [0, 0.1) is 5.92 Å². The summed E-state index contributed by atoms with van der Waals surface area (Å²) in [4.78, 5) is 0. The van der Waals surface area contributed by atoms with Crippen LogP contribution >= 0.6 is 0 Å². The molecule has 1 N–H and O–H groups in total. The average Bonchev–Trinajstić information content (AvgIpc) is 2.88. The Labute approximate surface area is 116 Å². The molecule has 2 nitrogen and oxygen atoms in total. The summed E-state index contributed by atoms with van der Waals surface area (Å²) in [5, 5.41) is 3.56. The largest absolute Gasteiger partial charge is 0.378 e. The summed E-state index contributed by atoms with van der Waals surface area (Å²) in [5.41, 5.74) is 3.13. The van der Waals surface area contributed by atoms with Gasteiger partial charge in [0.1, 0.15) is 0 Å². The van der Waals surface area contributed by atoms with E-state index in [-0.39, 0.29) is 0 Å². The Bertz CT molecular complexity index is 431. The fourth-order valence-electron chi connectivity index (χ4n) is 3.93. The highest BCUT2D eigenvalue weighted by molar-refractivity contribution is 5.40. The van der Waals surface area contributed by atoms with Crippen molar-refractivity contribution in [3.63, 3.8) is 0 Å². The van der Waals surface area contributed by atoms with Gasteiger partial charge in [-0.2, -0.15) is 0 Å². The van der Waals surface area contributed by atoms with Crippen LogP contribution in [-0.4, -0.2) is 25.8 Å². The van der Waals surface area contributed by atoms with E-state index in [0.29, 0.717) is 18.1 Å². The third-order valence-electron chi connectivity index (χ3n) is 5.05. The van der Waals surface area contributed by atoms with Crippen LogP contribution in [0.25, 0.3) is 0 Å². The van der Waals surface area contributed by atoms with Gasteiger partial charge in [0.05, 0.1) is 6.10 Å². The Kier molecular flexibility index (Phi) is 3.90. The van der Waals surface area contributed by atoms with Gasteiger partial charge in [0.15, 0.2) is 0 Å². The maximum absolute atomic E-state index is 5.86. The normalized spacial score (nSPS) is 30.7. The molecule has 104 valence electrons. The first-order chi connectivity index (χ1) is 9.33. The van der Waals surface area contributed by atoms with Crippen molar-refractivity contribution in [3.05, 3.63) is 35.4 Å². The molecule has 0 saturated carbocycles. The molecule has 0 radical (unpaired) electrons. The van der Waals surface area contributed by atoms with E-state index in [1.165, 1.54) is 19.3 Å². The topological polar surface area (TPSA) is 21.3 Å². The summed E-state index contributed by atoms with van der Waals surface area (Å²) < 4.78 is 5.86. The van der Waals surface area contributed by atoms with E-state index in [1.54, 1.807) is 11.1 Å². The van der Waals surface area contributed by atoms with E-state index >= 15 is 0 Å². The van der Waals surface area contributed by atoms with Crippen LogP contribution in [0.2, 0.25) is 0 Å². The van der Waals surface area contributed by atoms with E-state index in [2.05, 4.69) is 43.6 Å². The lowest BCUT2D eigenvalue weighted by Crippen LogP contribution is -2.40. The van der Waals surface area contributed by atoms with Crippen molar-refractivity contribution in [2.75, 3.05) is 13.7 Å². The second-order valence-electron chi connectivity index (χ2n) is 6.00. The van der Waals surface area contributed by atoms with Crippen molar-refractivity contribution < 1.29 is 4.74 Å². The molecular weight excluding hydrogens is 234 g/mol. The van der Waals surface area contributed by atoms with Crippen LogP contribution in [-0.2, 0) is 11.2 Å². The van der Waals surface area contributed by atoms with E-state index in [0.717, 1.165) is 18.9 Å². The molecule has 0 aromatic heterocycles. The van der Waals surface area contributed by atoms with E-state index < -0.39 is 0 Å². The summed E-state index contributed by atoms with van der Waals surface area (Å²) in [5.74, 6) is 1.45. The number of hydrogen-bond acceptors (Lipinski definition) is 2. The Morgan fingerprint density at radius 2 is 2.21 bits per heavy atom. The van der Waals surface area contributed by atoms with Crippen molar-refractivity contribution in [2.45, 2.75) is 50.7 Å². The molecule has 1 saturated heterocycles. The lowest BCUT2D eigenvalue weighted by Gasteiger charge is -2.36. The second kappa shape index (κ2) is 5.64. The molecule has 1 aliphatic carbocycles. The monoisotopic (exact) mass is 259 g/mol. The van der Waals surface area contributed by atoms with Crippen molar-refractivity contribution in [2.24, 2.45) is 5.92 Å². The summed E-state index contributed by atoms with van der Waals surface area (Å²) in [6, 6.07) is 9.51. The highest BCUT2D eigenvalue weighted by Crippen LogP contribution is 2.40. The quantitative estimate of drug-likeness (QED) is 0.877. The van der Waals surface area contributed by atoms with Crippen LogP contribution in [0.3, 0.4) is 0 Å². The van der Waals surface area contributed by atoms with Gasteiger partial charge < -0.3 is 10.1 Å². The lowest BCUT2D eigenvalue weighted by molar-refractivity contribution is 0.0762. The molecule has 2 aliphatic rings. The number of benzene rings is 1. The zero-order valence-electron chi connectivity index (χ0n) is 12.1. The Morgan fingerprint density at radius 3 is 2.95 bits per heavy atom. The summed E-state index contributed by atoms with van der Waals surface area (Å²) in [6.45, 7) is 3.19. The van der Waals surface area contributed by atoms with Gasteiger partial charge in [-0.3, -0.25) is 0 Å². The van der Waals surface area contributed by atoms with E-state index in [1.807, 2.05) is 0 Å². The predicted molar refractivity (Wildman–Crippen MR) is 78.5 cm³/mol. The van der Waals surface area contributed by atoms with Crippen molar-refractivity contribution in [1.29, 1.82) is 0 Å². The van der Waals surface area contributed by atoms with Crippen LogP contribution in [0.4, 0.5) is 0 Å². The zero-order chi connectivity index (χ0) is 13.2. The third kappa shape index (κ3) is 2.44. The standard InChI is InChI=1S/C17H25NO/c1-3-17-15(8-9-19-17)16(18-2)11-13-10-12-6-4-5-7-14(12)13/h4-7,13,15-18H,3,8-11H2,1-2H3. The molecule has 3 rings (SSSR count). The number of nitrogens with one attached hydrogen (secondary N) is 1. The molecule has 0 spiro atoms. The van der Waals surface area contributed by atoms with Gasteiger partial charge in [0.2, 0.25) is 0 Å². The Balaban J connectivity index is 1.65. The first kappa shape index (κ1) is 13.1. The van der Waals surface area contributed by atoms with Gasteiger partial charge in [-0.15, -0.1) is 0 Å². The van der Waals surface area contributed by atoms with Gasteiger partial charge in [0.25, 0.3) is 0 Å². The number of hydrogen-bond donors (Lipinski definition) is 1. The minimum atomic E-state index is 0.466. The molecule has 4 atom stereocenters. The first-order valence-corrected chi connectivity index (χ1v) is 7.70. The lowest BCUT2D eigenvalue weighted by atomic mass is 9.72. The SMILES string of the molecule is CCC1OCCC1C(CC1Cc2ccccc21)NC. The minimum Gasteiger partial charge on any atom is -0.378 e. The number of ether oxygens (including phenoxy) is 1. The van der Waals surface area contributed by atoms with Crippen LogP contribution in [0.15, 0.2) is 24.3 Å². The summed E-state index contributed by atoms with van der Waals surface area (Å²) in [6.07, 6.45) is 5.35. The molecule has 2 heteroatoms. The van der Waals surface area contributed by atoms with Crippen molar-refractivity contribution >= 4 is 0 Å². The molecular formula is C17H25NO. The Hall–Kier alpha value is -0.860. The number of rotatable bonds is 5. The van der Waals surface area contributed by atoms with Gasteiger partial charge in [-0.1, -0.05) is 31.2 Å². The zero-order valence-corrected chi connectivity index (χ0v) is 12.1. The molecule has 0 amide bonds. The molecule has 1 aromatic carbocycles. The predicted octanol–water partition coefficient (Wildman–Crippen LogP) is 3.12. The molecule has 0 bridgehead atoms. The van der Waals surface area contributed by atoms with Crippen LogP contribution in [0.1, 0.15) is 43.2 Å².